The standard InChI is InChI=1S/C15H20N2O3.ClH/c1-11-4-6-13(7-5-11)16-14(18)10-17-8-2-3-12(9-17)15(19)20;/h4-7,12H,2-3,8-10H2,1H3,(H,16,18)(H,19,20);1H. The summed E-state index contributed by atoms with van der Waals surface area (Å²) in [4.78, 5) is 24.8. The van der Waals surface area contributed by atoms with Gasteiger partial charge in [0, 0.05) is 12.2 Å². The molecule has 2 N–H and O–H groups in total. The zero-order valence-electron chi connectivity index (χ0n) is 12.0. The predicted molar refractivity (Wildman–Crippen MR) is 83.9 cm³/mol. The van der Waals surface area contributed by atoms with Gasteiger partial charge in [0.15, 0.2) is 0 Å². The zero-order valence-corrected chi connectivity index (χ0v) is 12.9. The molecule has 21 heavy (non-hydrogen) atoms. The third-order valence-corrected chi connectivity index (χ3v) is 3.56. The van der Waals surface area contributed by atoms with Gasteiger partial charge in [-0.3, -0.25) is 14.5 Å². The van der Waals surface area contributed by atoms with Crippen molar-refractivity contribution in [1.82, 2.24) is 4.90 Å². The van der Waals surface area contributed by atoms with E-state index in [-0.39, 0.29) is 30.8 Å². The van der Waals surface area contributed by atoms with Crippen LogP contribution in [0.5, 0.6) is 0 Å². The van der Waals surface area contributed by atoms with Crippen LogP contribution in [0.3, 0.4) is 0 Å². The van der Waals surface area contributed by atoms with Crippen LogP contribution in [0.1, 0.15) is 18.4 Å². The molecule has 1 amide bonds. The number of aliphatic carboxylic acids is 1. The number of anilines is 1. The van der Waals surface area contributed by atoms with Crippen molar-refractivity contribution < 1.29 is 14.7 Å². The molecule has 1 saturated heterocycles. The van der Waals surface area contributed by atoms with Crippen LogP contribution in [0.15, 0.2) is 24.3 Å². The van der Waals surface area contributed by atoms with Crippen LogP contribution >= 0.6 is 12.4 Å². The third kappa shape index (κ3) is 5.36. The number of piperidine rings is 1. The maximum Gasteiger partial charge on any atom is 0.307 e. The minimum absolute atomic E-state index is 0. The van der Waals surface area contributed by atoms with E-state index in [2.05, 4.69) is 5.32 Å². The van der Waals surface area contributed by atoms with Gasteiger partial charge in [-0.2, -0.15) is 0 Å². The Morgan fingerprint density at radius 2 is 2.00 bits per heavy atom. The van der Waals surface area contributed by atoms with Gasteiger partial charge >= 0.3 is 5.97 Å². The van der Waals surface area contributed by atoms with E-state index >= 15 is 0 Å². The Hall–Kier alpha value is -1.59. The molecule has 0 bridgehead atoms. The lowest BCUT2D eigenvalue weighted by Crippen LogP contribution is -2.42. The monoisotopic (exact) mass is 312 g/mol. The Morgan fingerprint density at radius 1 is 1.33 bits per heavy atom. The van der Waals surface area contributed by atoms with Gasteiger partial charge in [0.1, 0.15) is 0 Å². The smallest absolute Gasteiger partial charge is 0.307 e. The number of carbonyl (C=O) groups excluding carboxylic acids is 1. The van der Waals surface area contributed by atoms with Gasteiger partial charge in [-0.05, 0) is 38.4 Å². The maximum atomic E-state index is 11.9. The first-order valence-corrected chi connectivity index (χ1v) is 6.86. The SMILES string of the molecule is Cc1ccc(NC(=O)CN2CCCC(C(=O)O)C2)cc1.Cl. The molecule has 2 rings (SSSR count). The van der Waals surface area contributed by atoms with Crippen molar-refractivity contribution in [1.29, 1.82) is 0 Å². The van der Waals surface area contributed by atoms with E-state index in [1.807, 2.05) is 36.1 Å². The molecule has 1 aliphatic rings. The molecule has 0 spiro atoms. The highest BCUT2D eigenvalue weighted by Crippen LogP contribution is 2.16. The van der Waals surface area contributed by atoms with Crippen LogP contribution in [-0.2, 0) is 9.59 Å². The number of likely N-dealkylation sites (tertiary alicyclic amines) is 1. The summed E-state index contributed by atoms with van der Waals surface area (Å²) in [5, 5.41) is 11.9. The van der Waals surface area contributed by atoms with Crippen molar-refractivity contribution in [3.63, 3.8) is 0 Å². The van der Waals surface area contributed by atoms with Gasteiger partial charge in [0.2, 0.25) is 5.91 Å². The number of nitrogens with zero attached hydrogens (tertiary/aromatic N) is 1. The molecule has 5 nitrogen and oxygen atoms in total. The van der Waals surface area contributed by atoms with Crippen molar-refractivity contribution in [3.05, 3.63) is 29.8 Å². The highest BCUT2D eigenvalue weighted by molar-refractivity contribution is 5.92. The van der Waals surface area contributed by atoms with Gasteiger partial charge in [-0.15, -0.1) is 12.4 Å². The molecular formula is C15H21ClN2O3. The van der Waals surface area contributed by atoms with Gasteiger partial charge in [0.05, 0.1) is 12.5 Å². The molecule has 1 aliphatic heterocycles. The molecule has 1 unspecified atom stereocenters. The highest BCUT2D eigenvalue weighted by Gasteiger charge is 2.26. The fraction of sp³-hybridized carbons (Fsp3) is 0.467. The second kappa shape index (κ2) is 8.00. The number of hydrogen-bond donors (Lipinski definition) is 2. The third-order valence-electron chi connectivity index (χ3n) is 3.56. The Morgan fingerprint density at radius 3 is 2.62 bits per heavy atom. The van der Waals surface area contributed by atoms with Crippen LogP contribution in [0.25, 0.3) is 0 Å². The normalized spacial score (nSPS) is 18.6. The Kier molecular flexibility index (Phi) is 6.65. The topological polar surface area (TPSA) is 69.6 Å². The number of halogens is 1. The summed E-state index contributed by atoms with van der Waals surface area (Å²) in [6.45, 7) is 3.48. The summed E-state index contributed by atoms with van der Waals surface area (Å²) in [5.74, 6) is -1.22. The first-order valence-electron chi connectivity index (χ1n) is 6.86. The lowest BCUT2D eigenvalue weighted by molar-refractivity contribution is -0.144. The fourth-order valence-corrected chi connectivity index (χ4v) is 2.44. The summed E-state index contributed by atoms with van der Waals surface area (Å²) in [7, 11) is 0. The Balaban J connectivity index is 0.00000220. The first-order chi connectivity index (χ1) is 9.54. The molecule has 116 valence electrons. The maximum absolute atomic E-state index is 11.9. The number of rotatable bonds is 4. The predicted octanol–water partition coefficient (Wildman–Crippen LogP) is 2.15. The molecule has 1 fully saturated rings. The summed E-state index contributed by atoms with van der Waals surface area (Å²) in [6, 6.07) is 7.61. The second-order valence-electron chi connectivity index (χ2n) is 5.33. The lowest BCUT2D eigenvalue weighted by Gasteiger charge is -2.29. The number of benzene rings is 1. The molecule has 1 atom stereocenters. The molecule has 1 aromatic carbocycles. The molecule has 1 aromatic rings. The Bertz CT molecular complexity index is 490. The van der Waals surface area contributed by atoms with Crippen LogP contribution in [-0.4, -0.2) is 41.5 Å². The zero-order chi connectivity index (χ0) is 14.5. The van der Waals surface area contributed by atoms with Gasteiger partial charge in [0.25, 0.3) is 0 Å². The largest absolute Gasteiger partial charge is 0.481 e. The average Bonchev–Trinajstić information content (AvgIpc) is 2.41. The summed E-state index contributed by atoms with van der Waals surface area (Å²) in [5.41, 5.74) is 1.91. The Labute approximate surface area is 130 Å². The number of amides is 1. The van der Waals surface area contributed by atoms with E-state index in [1.165, 1.54) is 0 Å². The summed E-state index contributed by atoms with van der Waals surface area (Å²) < 4.78 is 0. The molecule has 0 aromatic heterocycles. The van der Waals surface area contributed by atoms with Gasteiger partial charge in [-0.1, -0.05) is 17.7 Å². The highest BCUT2D eigenvalue weighted by atomic mass is 35.5. The lowest BCUT2D eigenvalue weighted by atomic mass is 9.98. The van der Waals surface area contributed by atoms with Crippen molar-refractivity contribution in [3.8, 4) is 0 Å². The number of carboxylic acid groups (broad SMARTS) is 1. The molecule has 0 saturated carbocycles. The number of carboxylic acids is 1. The fourth-order valence-electron chi connectivity index (χ4n) is 2.44. The van der Waals surface area contributed by atoms with E-state index in [0.29, 0.717) is 13.0 Å². The molecule has 1 heterocycles. The van der Waals surface area contributed by atoms with Crippen molar-refractivity contribution >= 4 is 30.0 Å². The van der Waals surface area contributed by atoms with Crippen LogP contribution in [0.4, 0.5) is 5.69 Å². The van der Waals surface area contributed by atoms with Crippen LogP contribution in [0, 0.1) is 12.8 Å². The molecular weight excluding hydrogens is 292 g/mol. The van der Waals surface area contributed by atoms with Gasteiger partial charge in [-0.25, -0.2) is 0 Å². The number of hydrogen-bond acceptors (Lipinski definition) is 3. The molecule has 0 aliphatic carbocycles. The van der Waals surface area contributed by atoms with Crippen molar-refractivity contribution in [2.75, 3.05) is 25.0 Å². The van der Waals surface area contributed by atoms with Crippen molar-refractivity contribution in [2.45, 2.75) is 19.8 Å². The minimum Gasteiger partial charge on any atom is -0.481 e. The van der Waals surface area contributed by atoms with E-state index in [9.17, 15) is 9.59 Å². The minimum atomic E-state index is -0.770. The second-order valence-corrected chi connectivity index (χ2v) is 5.33. The summed E-state index contributed by atoms with van der Waals surface area (Å²) in [6.07, 6.45) is 1.53. The van der Waals surface area contributed by atoms with Crippen LogP contribution in [0.2, 0.25) is 0 Å². The number of carbonyl (C=O) groups is 2. The van der Waals surface area contributed by atoms with Gasteiger partial charge < -0.3 is 10.4 Å². The van der Waals surface area contributed by atoms with E-state index < -0.39 is 5.97 Å². The number of nitrogens with one attached hydrogen (secondary N) is 1. The first kappa shape index (κ1) is 17.5. The average molecular weight is 313 g/mol. The molecule has 6 heteroatoms. The van der Waals surface area contributed by atoms with Crippen molar-refractivity contribution in [2.24, 2.45) is 5.92 Å². The van der Waals surface area contributed by atoms with Crippen LogP contribution < -0.4 is 5.32 Å². The molecule has 0 radical (unpaired) electrons. The van der Waals surface area contributed by atoms with E-state index in [4.69, 9.17) is 5.11 Å². The summed E-state index contributed by atoms with van der Waals surface area (Å²) >= 11 is 0. The van der Waals surface area contributed by atoms with E-state index in [0.717, 1.165) is 24.2 Å². The van der Waals surface area contributed by atoms with E-state index in [1.54, 1.807) is 0 Å². The quantitative estimate of drug-likeness (QED) is 0.894. The number of aryl methyl sites for hydroxylation is 1.